The van der Waals surface area contributed by atoms with E-state index in [1.54, 1.807) is 10.9 Å². The highest BCUT2D eigenvalue weighted by atomic mass is 16.3. The molecule has 0 spiro atoms. The Labute approximate surface area is 142 Å². The number of aliphatic hydroxyl groups is 1. The van der Waals surface area contributed by atoms with Crippen LogP contribution in [0.15, 0.2) is 22.8 Å². The van der Waals surface area contributed by atoms with Crippen molar-refractivity contribution in [2.24, 2.45) is 0 Å². The van der Waals surface area contributed by atoms with E-state index in [-0.39, 0.29) is 6.61 Å². The van der Waals surface area contributed by atoms with Gasteiger partial charge in [0.15, 0.2) is 5.76 Å². The van der Waals surface area contributed by atoms with Crippen molar-refractivity contribution in [3.05, 3.63) is 24.2 Å². The van der Waals surface area contributed by atoms with Crippen molar-refractivity contribution in [3.63, 3.8) is 0 Å². The lowest BCUT2D eigenvalue weighted by molar-refractivity contribution is 0.114. The Morgan fingerprint density at radius 3 is 2.75 bits per heavy atom. The molecule has 2 aromatic heterocycles. The Bertz CT molecular complexity index is 617. The van der Waals surface area contributed by atoms with Crippen LogP contribution in [0.25, 0.3) is 11.6 Å². The molecule has 132 valence electrons. The number of aliphatic hydroxyl groups excluding tert-OH is 1. The third-order valence-electron chi connectivity index (χ3n) is 4.75. The third kappa shape index (κ3) is 4.03. The minimum atomic E-state index is 0.0575. The van der Waals surface area contributed by atoms with E-state index in [1.165, 1.54) is 0 Å². The van der Waals surface area contributed by atoms with Crippen LogP contribution in [-0.4, -0.2) is 75.5 Å². The minimum absolute atomic E-state index is 0.0575. The van der Waals surface area contributed by atoms with E-state index in [0.717, 1.165) is 44.8 Å². The summed E-state index contributed by atoms with van der Waals surface area (Å²) in [5.41, 5.74) is 0. The maximum atomic E-state index is 9.27. The zero-order chi connectivity index (χ0) is 16.9. The molecule has 1 aliphatic heterocycles. The van der Waals surface area contributed by atoms with Gasteiger partial charge in [0.05, 0.1) is 19.4 Å². The number of hydrogen-bond acceptors (Lipinski definition) is 6. The fourth-order valence-electron chi connectivity index (χ4n) is 3.13. The predicted molar refractivity (Wildman–Crippen MR) is 91.7 cm³/mol. The number of likely N-dealkylation sites (N-methyl/N-ethyl adjacent to an activating group) is 1. The van der Waals surface area contributed by atoms with Gasteiger partial charge in [-0.1, -0.05) is 0 Å². The van der Waals surface area contributed by atoms with Gasteiger partial charge in [0.25, 0.3) is 0 Å². The van der Waals surface area contributed by atoms with Gasteiger partial charge in [-0.15, -0.1) is 5.10 Å². The standard InChI is InChI=1S/C17H27N5O2/c1-14(21-9-7-20(2)8-10-21)5-6-16-18-17(15-4-3-13-24-15)19-22(16)11-12-23/h3-4,13-14,23H,5-12H2,1-2H3. The normalized spacial score (nSPS) is 18.1. The first-order valence-corrected chi connectivity index (χ1v) is 8.68. The molecule has 0 amide bonds. The fraction of sp³-hybridized carbons (Fsp3) is 0.647. The largest absolute Gasteiger partial charge is 0.461 e. The van der Waals surface area contributed by atoms with Gasteiger partial charge in [0.1, 0.15) is 5.82 Å². The zero-order valence-electron chi connectivity index (χ0n) is 14.6. The summed E-state index contributed by atoms with van der Waals surface area (Å²) in [5.74, 6) is 2.17. The summed E-state index contributed by atoms with van der Waals surface area (Å²) >= 11 is 0. The van der Waals surface area contributed by atoms with Gasteiger partial charge in [-0.25, -0.2) is 9.67 Å². The van der Waals surface area contributed by atoms with Crippen LogP contribution < -0.4 is 0 Å². The highest BCUT2D eigenvalue weighted by Crippen LogP contribution is 2.18. The molecule has 1 unspecified atom stereocenters. The number of aromatic nitrogens is 3. The van der Waals surface area contributed by atoms with Gasteiger partial charge in [0, 0.05) is 38.6 Å². The maximum Gasteiger partial charge on any atom is 0.217 e. The smallest absolute Gasteiger partial charge is 0.217 e. The Kier molecular flexibility index (Phi) is 5.65. The van der Waals surface area contributed by atoms with Crippen LogP contribution in [-0.2, 0) is 13.0 Å². The molecule has 0 aromatic carbocycles. The number of piperazine rings is 1. The van der Waals surface area contributed by atoms with E-state index in [2.05, 4.69) is 33.9 Å². The molecule has 7 nitrogen and oxygen atoms in total. The molecule has 0 saturated carbocycles. The lowest BCUT2D eigenvalue weighted by atomic mass is 10.1. The summed E-state index contributed by atoms with van der Waals surface area (Å²) in [6.45, 7) is 7.32. The fourth-order valence-corrected chi connectivity index (χ4v) is 3.13. The van der Waals surface area contributed by atoms with Crippen molar-refractivity contribution in [3.8, 4) is 11.6 Å². The molecule has 1 atom stereocenters. The van der Waals surface area contributed by atoms with E-state index >= 15 is 0 Å². The highest BCUT2D eigenvalue weighted by molar-refractivity contribution is 5.45. The van der Waals surface area contributed by atoms with Gasteiger partial charge in [-0.2, -0.15) is 0 Å². The van der Waals surface area contributed by atoms with Gasteiger partial charge in [0.2, 0.25) is 5.82 Å². The van der Waals surface area contributed by atoms with E-state index in [1.807, 2.05) is 12.1 Å². The maximum absolute atomic E-state index is 9.27. The van der Waals surface area contributed by atoms with Crippen LogP contribution in [0.5, 0.6) is 0 Å². The Balaban J connectivity index is 1.63. The summed E-state index contributed by atoms with van der Waals surface area (Å²) < 4.78 is 7.18. The molecule has 1 aliphatic rings. The first-order chi connectivity index (χ1) is 11.7. The monoisotopic (exact) mass is 333 g/mol. The molecule has 0 radical (unpaired) electrons. The van der Waals surface area contributed by atoms with Crippen molar-refractivity contribution in [2.75, 3.05) is 39.8 Å². The van der Waals surface area contributed by atoms with Crippen LogP contribution in [0.2, 0.25) is 0 Å². The second-order valence-electron chi connectivity index (χ2n) is 6.50. The predicted octanol–water partition coefficient (Wildman–Crippen LogP) is 1.10. The van der Waals surface area contributed by atoms with Crippen molar-refractivity contribution >= 4 is 0 Å². The number of nitrogens with zero attached hydrogens (tertiary/aromatic N) is 5. The molecule has 1 N–H and O–H groups in total. The molecule has 24 heavy (non-hydrogen) atoms. The number of aryl methyl sites for hydroxylation is 1. The molecule has 0 aliphatic carbocycles. The first kappa shape index (κ1) is 17.1. The number of hydrogen-bond donors (Lipinski definition) is 1. The molecule has 2 aromatic rings. The van der Waals surface area contributed by atoms with Crippen LogP contribution in [0.4, 0.5) is 0 Å². The Morgan fingerprint density at radius 1 is 1.29 bits per heavy atom. The van der Waals surface area contributed by atoms with Crippen molar-refractivity contribution in [2.45, 2.75) is 32.4 Å². The van der Waals surface area contributed by atoms with E-state index in [9.17, 15) is 5.11 Å². The summed E-state index contributed by atoms with van der Waals surface area (Å²) in [5, 5.41) is 13.7. The molecule has 1 saturated heterocycles. The average molecular weight is 333 g/mol. The molecular formula is C17H27N5O2. The lowest BCUT2D eigenvalue weighted by Gasteiger charge is -2.36. The van der Waals surface area contributed by atoms with E-state index in [4.69, 9.17) is 4.42 Å². The first-order valence-electron chi connectivity index (χ1n) is 8.68. The van der Waals surface area contributed by atoms with Crippen LogP contribution in [0, 0.1) is 0 Å². The average Bonchev–Trinajstić information content (AvgIpc) is 3.23. The quantitative estimate of drug-likeness (QED) is 0.818. The Hall–Kier alpha value is -1.70. The molecule has 0 bridgehead atoms. The van der Waals surface area contributed by atoms with Gasteiger partial charge < -0.3 is 14.4 Å². The number of rotatable bonds is 7. The molecule has 7 heteroatoms. The van der Waals surface area contributed by atoms with Crippen LogP contribution in [0.3, 0.4) is 0 Å². The van der Waals surface area contributed by atoms with Crippen LogP contribution >= 0.6 is 0 Å². The second-order valence-corrected chi connectivity index (χ2v) is 6.50. The number of furan rings is 1. The van der Waals surface area contributed by atoms with Crippen molar-refractivity contribution < 1.29 is 9.52 Å². The summed E-state index contributed by atoms with van der Waals surface area (Å²) in [6, 6.07) is 4.21. The topological polar surface area (TPSA) is 70.6 Å². The highest BCUT2D eigenvalue weighted by Gasteiger charge is 2.20. The summed E-state index contributed by atoms with van der Waals surface area (Å²) in [7, 11) is 2.18. The van der Waals surface area contributed by atoms with Crippen molar-refractivity contribution in [1.29, 1.82) is 0 Å². The molecule has 3 heterocycles. The molecule has 3 rings (SSSR count). The lowest BCUT2D eigenvalue weighted by Crippen LogP contribution is -2.48. The van der Waals surface area contributed by atoms with E-state index < -0.39 is 0 Å². The minimum Gasteiger partial charge on any atom is -0.461 e. The van der Waals surface area contributed by atoms with Gasteiger partial charge in [-0.05, 0) is 32.5 Å². The summed E-state index contributed by atoms with van der Waals surface area (Å²) in [4.78, 5) is 9.53. The van der Waals surface area contributed by atoms with E-state index in [0.29, 0.717) is 24.2 Å². The molecular weight excluding hydrogens is 306 g/mol. The van der Waals surface area contributed by atoms with Gasteiger partial charge >= 0.3 is 0 Å². The van der Waals surface area contributed by atoms with Crippen LogP contribution in [0.1, 0.15) is 19.2 Å². The zero-order valence-corrected chi connectivity index (χ0v) is 14.6. The Morgan fingerprint density at radius 2 is 2.08 bits per heavy atom. The van der Waals surface area contributed by atoms with Crippen molar-refractivity contribution in [1.82, 2.24) is 24.6 Å². The SMILES string of the molecule is CC(CCc1nc(-c2ccco2)nn1CCO)N1CCN(C)CC1. The molecule has 1 fully saturated rings. The van der Waals surface area contributed by atoms with Gasteiger partial charge in [-0.3, -0.25) is 4.90 Å². The second kappa shape index (κ2) is 7.92. The third-order valence-corrected chi connectivity index (χ3v) is 4.75. The summed E-state index contributed by atoms with van der Waals surface area (Å²) in [6.07, 6.45) is 3.50.